The van der Waals surface area contributed by atoms with Crippen molar-refractivity contribution in [2.75, 3.05) is 0 Å². The number of aryl methyl sites for hydroxylation is 2. The minimum absolute atomic E-state index is 0.295. The van der Waals surface area contributed by atoms with E-state index in [0.29, 0.717) is 6.04 Å². The van der Waals surface area contributed by atoms with Gasteiger partial charge in [0, 0.05) is 18.0 Å². The van der Waals surface area contributed by atoms with E-state index in [0.717, 1.165) is 24.1 Å². The number of benzene rings is 1. The molecule has 4 nitrogen and oxygen atoms in total. The quantitative estimate of drug-likeness (QED) is 0.724. The molecule has 0 aliphatic heterocycles. The molecule has 2 heterocycles. The number of rotatable bonds is 2. The first-order chi connectivity index (χ1) is 10.8. The summed E-state index contributed by atoms with van der Waals surface area (Å²) in [5.74, 6) is 0. The average molecular weight is 290 g/mol. The molecule has 1 unspecified atom stereocenters. The Balaban J connectivity index is 1.73. The maximum Gasteiger partial charge on any atom is 0.114 e. The summed E-state index contributed by atoms with van der Waals surface area (Å²) >= 11 is 0. The molecule has 1 atom stereocenters. The summed E-state index contributed by atoms with van der Waals surface area (Å²) in [7, 11) is 0. The Hall–Kier alpha value is -2.49. The highest BCUT2D eigenvalue weighted by Gasteiger charge is 2.22. The Kier molecular flexibility index (Phi) is 3.22. The maximum absolute atomic E-state index is 4.40. The molecule has 0 saturated heterocycles. The van der Waals surface area contributed by atoms with Crippen LogP contribution in [0.25, 0.3) is 11.3 Å². The summed E-state index contributed by atoms with van der Waals surface area (Å²) in [4.78, 5) is 4.20. The van der Waals surface area contributed by atoms with Crippen molar-refractivity contribution in [1.29, 1.82) is 0 Å². The topological polar surface area (TPSA) is 43.6 Å². The van der Waals surface area contributed by atoms with Crippen molar-refractivity contribution in [1.82, 2.24) is 20.0 Å². The standard InChI is InChI=1S/C18H18N4/c1-13-9-10-19-11-16(13)17-12-22(21-20-17)18-8-4-6-14-5-2-3-7-15(14)18/h2-3,5,7,9-12,18H,4,6,8H2,1H3. The fourth-order valence-corrected chi connectivity index (χ4v) is 3.29. The SMILES string of the molecule is Cc1ccncc1-c1cn(C2CCCc3ccccc32)nn1. The molecule has 0 amide bonds. The lowest BCUT2D eigenvalue weighted by molar-refractivity contribution is 0.440. The van der Waals surface area contributed by atoms with E-state index in [-0.39, 0.29) is 0 Å². The van der Waals surface area contributed by atoms with E-state index in [9.17, 15) is 0 Å². The molecule has 22 heavy (non-hydrogen) atoms. The number of hydrogen-bond acceptors (Lipinski definition) is 3. The van der Waals surface area contributed by atoms with Gasteiger partial charge in [0.05, 0.1) is 12.2 Å². The van der Waals surface area contributed by atoms with Crippen LogP contribution in [-0.4, -0.2) is 20.0 Å². The van der Waals surface area contributed by atoms with Crippen LogP contribution < -0.4 is 0 Å². The number of pyridine rings is 1. The normalized spacial score (nSPS) is 17.2. The third kappa shape index (κ3) is 2.21. The largest absolute Gasteiger partial charge is 0.264 e. The van der Waals surface area contributed by atoms with E-state index < -0.39 is 0 Å². The van der Waals surface area contributed by atoms with Gasteiger partial charge in [0.2, 0.25) is 0 Å². The predicted octanol–water partition coefficient (Wildman–Crippen LogP) is 3.57. The third-order valence-electron chi connectivity index (χ3n) is 4.48. The number of aromatic nitrogens is 4. The van der Waals surface area contributed by atoms with Gasteiger partial charge in [-0.25, -0.2) is 4.68 Å². The van der Waals surface area contributed by atoms with Crippen molar-refractivity contribution in [3.8, 4) is 11.3 Å². The zero-order valence-electron chi connectivity index (χ0n) is 12.6. The van der Waals surface area contributed by atoms with Crippen molar-refractivity contribution in [3.05, 3.63) is 65.6 Å². The van der Waals surface area contributed by atoms with Crippen LogP contribution in [0.15, 0.2) is 48.9 Å². The van der Waals surface area contributed by atoms with Crippen LogP contribution in [0, 0.1) is 6.92 Å². The summed E-state index contributed by atoms with van der Waals surface area (Å²) in [6, 6.07) is 11.0. The Labute approximate surface area is 129 Å². The van der Waals surface area contributed by atoms with Crippen LogP contribution in [0.2, 0.25) is 0 Å². The molecule has 0 radical (unpaired) electrons. The predicted molar refractivity (Wildman–Crippen MR) is 85.5 cm³/mol. The number of fused-ring (bicyclic) bond motifs is 1. The highest BCUT2D eigenvalue weighted by atomic mass is 15.4. The minimum atomic E-state index is 0.295. The molecule has 110 valence electrons. The van der Waals surface area contributed by atoms with Gasteiger partial charge in [-0.1, -0.05) is 29.5 Å². The Morgan fingerprint density at radius 3 is 3.00 bits per heavy atom. The molecule has 4 rings (SSSR count). The van der Waals surface area contributed by atoms with Crippen molar-refractivity contribution in [2.24, 2.45) is 0 Å². The second-order valence-corrected chi connectivity index (χ2v) is 5.88. The first-order valence-electron chi connectivity index (χ1n) is 7.73. The minimum Gasteiger partial charge on any atom is -0.264 e. The first kappa shape index (κ1) is 13.2. The van der Waals surface area contributed by atoms with Crippen molar-refractivity contribution < 1.29 is 0 Å². The number of hydrogen-bond donors (Lipinski definition) is 0. The fraction of sp³-hybridized carbons (Fsp3) is 0.278. The molecule has 0 saturated carbocycles. The van der Waals surface area contributed by atoms with Crippen LogP contribution in [0.4, 0.5) is 0 Å². The molecule has 2 aromatic heterocycles. The highest BCUT2D eigenvalue weighted by molar-refractivity contribution is 5.60. The summed E-state index contributed by atoms with van der Waals surface area (Å²) in [6.07, 6.45) is 9.19. The van der Waals surface area contributed by atoms with Gasteiger partial charge in [-0.2, -0.15) is 0 Å². The molecular formula is C18H18N4. The number of nitrogens with zero attached hydrogens (tertiary/aromatic N) is 4. The van der Waals surface area contributed by atoms with Gasteiger partial charge in [-0.05, 0) is 48.9 Å². The fourth-order valence-electron chi connectivity index (χ4n) is 3.29. The zero-order valence-corrected chi connectivity index (χ0v) is 12.6. The van der Waals surface area contributed by atoms with Gasteiger partial charge in [0.15, 0.2) is 0 Å². The zero-order chi connectivity index (χ0) is 14.9. The van der Waals surface area contributed by atoms with Gasteiger partial charge < -0.3 is 0 Å². The van der Waals surface area contributed by atoms with Crippen LogP contribution in [0.5, 0.6) is 0 Å². The maximum atomic E-state index is 4.40. The van der Waals surface area contributed by atoms with Crippen LogP contribution in [0.3, 0.4) is 0 Å². The summed E-state index contributed by atoms with van der Waals surface area (Å²) in [6.45, 7) is 2.08. The van der Waals surface area contributed by atoms with E-state index in [1.807, 2.05) is 16.9 Å². The monoisotopic (exact) mass is 290 g/mol. The molecule has 1 aliphatic carbocycles. The molecule has 3 aromatic rings. The molecule has 1 aliphatic rings. The van der Waals surface area contributed by atoms with Crippen LogP contribution in [0.1, 0.15) is 35.6 Å². The lowest BCUT2D eigenvalue weighted by Crippen LogP contribution is -2.17. The molecule has 0 N–H and O–H groups in total. The van der Waals surface area contributed by atoms with Crippen molar-refractivity contribution in [2.45, 2.75) is 32.2 Å². The summed E-state index contributed by atoms with van der Waals surface area (Å²) < 4.78 is 2.01. The Morgan fingerprint density at radius 1 is 1.18 bits per heavy atom. The molecular weight excluding hydrogens is 272 g/mol. The van der Waals surface area contributed by atoms with Gasteiger partial charge >= 0.3 is 0 Å². The van der Waals surface area contributed by atoms with Gasteiger partial charge in [-0.15, -0.1) is 5.10 Å². The second kappa shape index (κ2) is 5.37. The van der Waals surface area contributed by atoms with Gasteiger partial charge in [0.25, 0.3) is 0 Å². The lowest BCUT2D eigenvalue weighted by Gasteiger charge is -2.25. The van der Waals surface area contributed by atoms with E-state index >= 15 is 0 Å². The van der Waals surface area contributed by atoms with Gasteiger partial charge in [-0.3, -0.25) is 4.98 Å². The molecule has 0 spiro atoms. The van der Waals surface area contributed by atoms with E-state index in [2.05, 4.69) is 52.7 Å². The van der Waals surface area contributed by atoms with Crippen LogP contribution in [-0.2, 0) is 6.42 Å². The van der Waals surface area contributed by atoms with Crippen molar-refractivity contribution >= 4 is 0 Å². The molecule has 0 bridgehead atoms. The average Bonchev–Trinajstić information content (AvgIpc) is 3.04. The smallest absolute Gasteiger partial charge is 0.114 e. The molecule has 0 fully saturated rings. The van der Waals surface area contributed by atoms with E-state index in [1.165, 1.54) is 23.1 Å². The van der Waals surface area contributed by atoms with E-state index in [4.69, 9.17) is 0 Å². The van der Waals surface area contributed by atoms with E-state index in [1.54, 1.807) is 6.20 Å². The van der Waals surface area contributed by atoms with Gasteiger partial charge in [0.1, 0.15) is 5.69 Å². The summed E-state index contributed by atoms with van der Waals surface area (Å²) in [5, 5.41) is 8.76. The molecule has 4 heteroatoms. The van der Waals surface area contributed by atoms with Crippen LogP contribution >= 0.6 is 0 Å². The summed E-state index contributed by atoms with van der Waals surface area (Å²) in [5.41, 5.74) is 5.94. The van der Waals surface area contributed by atoms with Crippen molar-refractivity contribution in [3.63, 3.8) is 0 Å². The lowest BCUT2D eigenvalue weighted by atomic mass is 9.88. The Bertz CT molecular complexity index is 806. The highest BCUT2D eigenvalue weighted by Crippen LogP contribution is 2.33. The Morgan fingerprint density at radius 2 is 2.09 bits per heavy atom. The third-order valence-corrected chi connectivity index (χ3v) is 4.48. The second-order valence-electron chi connectivity index (χ2n) is 5.88. The first-order valence-corrected chi connectivity index (χ1v) is 7.73. The molecule has 1 aromatic carbocycles.